The topological polar surface area (TPSA) is 35.5 Å². The van der Waals surface area contributed by atoms with Gasteiger partial charge in [0.25, 0.3) is 0 Å². The summed E-state index contributed by atoms with van der Waals surface area (Å²) in [7, 11) is 0. The Bertz CT molecular complexity index is 287. The molecule has 1 aliphatic rings. The number of nitrogens with one attached hydrogen (secondary N) is 1. The maximum absolute atomic E-state index is 9.23. The molecule has 0 unspecified atom stereocenters. The highest BCUT2D eigenvalue weighted by Gasteiger charge is 2.19. The quantitative estimate of drug-likeness (QED) is 0.531. The molecule has 0 atom stereocenters. The fourth-order valence-corrected chi connectivity index (χ4v) is 2.58. The standard InChI is InChI=1S/C17H34N2O/c1-15(2)6-11-19-12-7-16(8-13-19)18-10-5-9-17(3,4)14-20/h6,16,18,20H,5,7-14H2,1-4H3. The molecule has 3 heteroatoms. The number of hydrogen-bond acceptors (Lipinski definition) is 3. The van der Waals surface area contributed by atoms with Crippen LogP contribution in [0.15, 0.2) is 11.6 Å². The van der Waals surface area contributed by atoms with E-state index in [-0.39, 0.29) is 12.0 Å². The first-order valence-corrected chi connectivity index (χ1v) is 8.13. The van der Waals surface area contributed by atoms with Gasteiger partial charge in [0, 0.05) is 19.2 Å². The molecule has 1 heterocycles. The van der Waals surface area contributed by atoms with Crippen molar-refractivity contribution >= 4 is 0 Å². The second-order valence-electron chi connectivity index (χ2n) is 7.24. The third-order valence-electron chi connectivity index (χ3n) is 4.24. The summed E-state index contributed by atoms with van der Waals surface area (Å²) in [6.45, 7) is 13.5. The van der Waals surface area contributed by atoms with Crippen LogP contribution in [-0.4, -0.2) is 48.8 Å². The zero-order valence-corrected chi connectivity index (χ0v) is 13.9. The van der Waals surface area contributed by atoms with Crippen LogP contribution < -0.4 is 5.32 Å². The molecule has 20 heavy (non-hydrogen) atoms. The summed E-state index contributed by atoms with van der Waals surface area (Å²) < 4.78 is 0. The van der Waals surface area contributed by atoms with Crippen molar-refractivity contribution in [2.24, 2.45) is 5.41 Å². The van der Waals surface area contributed by atoms with Gasteiger partial charge in [-0.25, -0.2) is 0 Å². The Balaban J connectivity index is 2.09. The average molecular weight is 282 g/mol. The third-order valence-corrected chi connectivity index (χ3v) is 4.24. The van der Waals surface area contributed by atoms with E-state index in [0.29, 0.717) is 6.04 Å². The summed E-state index contributed by atoms with van der Waals surface area (Å²) in [5, 5.41) is 12.9. The lowest BCUT2D eigenvalue weighted by Gasteiger charge is -2.32. The second kappa shape index (κ2) is 8.81. The van der Waals surface area contributed by atoms with Crippen molar-refractivity contribution in [2.75, 3.05) is 32.8 Å². The normalized spacial score (nSPS) is 18.2. The van der Waals surface area contributed by atoms with Gasteiger partial charge >= 0.3 is 0 Å². The molecule has 2 N–H and O–H groups in total. The highest BCUT2D eigenvalue weighted by atomic mass is 16.3. The van der Waals surface area contributed by atoms with Crippen LogP contribution in [0.5, 0.6) is 0 Å². The maximum Gasteiger partial charge on any atom is 0.0482 e. The van der Waals surface area contributed by atoms with Crippen LogP contribution in [0.1, 0.15) is 53.4 Å². The van der Waals surface area contributed by atoms with E-state index in [0.717, 1.165) is 25.9 Å². The van der Waals surface area contributed by atoms with E-state index in [9.17, 15) is 5.11 Å². The molecule has 118 valence electrons. The van der Waals surface area contributed by atoms with Gasteiger partial charge in [0.1, 0.15) is 0 Å². The first-order chi connectivity index (χ1) is 9.43. The van der Waals surface area contributed by atoms with Crippen molar-refractivity contribution in [3.05, 3.63) is 11.6 Å². The summed E-state index contributed by atoms with van der Waals surface area (Å²) in [5.41, 5.74) is 1.49. The van der Waals surface area contributed by atoms with Crippen LogP contribution in [0.2, 0.25) is 0 Å². The summed E-state index contributed by atoms with van der Waals surface area (Å²) in [4.78, 5) is 2.54. The number of nitrogens with zero attached hydrogens (tertiary/aromatic N) is 1. The van der Waals surface area contributed by atoms with Gasteiger partial charge in [-0.2, -0.15) is 0 Å². The van der Waals surface area contributed by atoms with Gasteiger partial charge in [0.05, 0.1) is 0 Å². The van der Waals surface area contributed by atoms with Gasteiger partial charge in [-0.15, -0.1) is 0 Å². The fourth-order valence-electron chi connectivity index (χ4n) is 2.58. The van der Waals surface area contributed by atoms with E-state index < -0.39 is 0 Å². The minimum Gasteiger partial charge on any atom is -0.396 e. The summed E-state index contributed by atoms with van der Waals surface area (Å²) in [6.07, 6.45) is 7.10. The lowest BCUT2D eigenvalue weighted by molar-refractivity contribution is 0.146. The number of hydrogen-bond donors (Lipinski definition) is 2. The van der Waals surface area contributed by atoms with Crippen molar-refractivity contribution in [3.8, 4) is 0 Å². The molecule has 0 aromatic heterocycles. The monoisotopic (exact) mass is 282 g/mol. The van der Waals surface area contributed by atoms with Crippen LogP contribution >= 0.6 is 0 Å². The molecule has 0 aromatic carbocycles. The van der Waals surface area contributed by atoms with E-state index in [2.05, 4.69) is 44.0 Å². The van der Waals surface area contributed by atoms with Crippen molar-refractivity contribution in [1.82, 2.24) is 10.2 Å². The van der Waals surface area contributed by atoms with Gasteiger partial charge < -0.3 is 10.4 Å². The van der Waals surface area contributed by atoms with Crippen molar-refractivity contribution in [3.63, 3.8) is 0 Å². The summed E-state index contributed by atoms with van der Waals surface area (Å²) in [6, 6.07) is 0.690. The number of aliphatic hydroxyl groups excluding tert-OH is 1. The summed E-state index contributed by atoms with van der Waals surface area (Å²) in [5.74, 6) is 0. The Hall–Kier alpha value is -0.380. The minimum atomic E-state index is 0.0788. The first kappa shape index (κ1) is 17.7. The smallest absolute Gasteiger partial charge is 0.0482 e. The predicted molar refractivity (Wildman–Crippen MR) is 87.0 cm³/mol. The van der Waals surface area contributed by atoms with E-state index in [1.165, 1.54) is 31.5 Å². The SMILES string of the molecule is CC(C)=CCN1CCC(NCCCC(C)(C)CO)CC1. The van der Waals surface area contributed by atoms with Crippen LogP contribution in [0.4, 0.5) is 0 Å². The van der Waals surface area contributed by atoms with Gasteiger partial charge in [0.15, 0.2) is 0 Å². The predicted octanol–water partition coefficient (Wildman–Crippen LogP) is 2.81. The van der Waals surface area contributed by atoms with E-state index in [4.69, 9.17) is 0 Å². The van der Waals surface area contributed by atoms with Crippen molar-refractivity contribution in [1.29, 1.82) is 0 Å². The zero-order valence-electron chi connectivity index (χ0n) is 13.9. The molecule has 0 spiro atoms. The fraction of sp³-hybridized carbons (Fsp3) is 0.882. The number of aliphatic hydroxyl groups is 1. The zero-order chi connectivity index (χ0) is 15.0. The molecular formula is C17H34N2O. The van der Waals surface area contributed by atoms with Gasteiger partial charge in [-0.05, 0) is 64.6 Å². The summed E-state index contributed by atoms with van der Waals surface area (Å²) >= 11 is 0. The molecule has 0 aromatic rings. The molecule has 0 aliphatic carbocycles. The van der Waals surface area contributed by atoms with Crippen LogP contribution in [0, 0.1) is 5.41 Å². The van der Waals surface area contributed by atoms with Gasteiger partial charge in [0.2, 0.25) is 0 Å². The van der Waals surface area contributed by atoms with Crippen LogP contribution in [-0.2, 0) is 0 Å². The largest absolute Gasteiger partial charge is 0.396 e. The second-order valence-corrected chi connectivity index (χ2v) is 7.24. The highest BCUT2D eigenvalue weighted by Crippen LogP contribution is 2.20. The lowest BCUT2D eigenvalue weighted by atomic mass is 9.89. The Morgan fingerprint density at radius 3 is 2.50 bits per heavy atom. The molecule has 1 rings (SSSR count). The number of allylic oxidation sites excluding steroid dienone is 1. The Kier molecular flexibility index (Phi) is 7.78. The number of rotatable bonds is 8. The Morgan fingerprint density at radius 1 is 1.30 bits per heavy atom. The molecule has 1 fully saturated rings. The van der Waals surface area contributed by atoms with E-state index >= 15 is 0 Å². The van der Waals surface area contributed by atoms with Gasteiger partial charge in [-0.3, -0.25) is 4.90 Å². The Labute approximate surface area is 125 Å². The molecular weight excluding hydrogens is 248 g/mol. The maximum atomic E-state index is 9.23. The molecule has 1 saturated heterocycles. The molecule has 1 aliphatic heterocycles. The van der Waals surface area contributed by atoms with E-state index in [1.807, 2.05) is 0 Å². The lowest BCUT2D eigenvalue weighted by Crippen LogP contribution is -2.42. The number of piperidine rings is 1. The van der Waals surface area contributed by atoms with Crippen LogP contribution in [0.25, 0.3) is 0 Å². The highest BCUT2D eigenvalue weighted by molar-refractivity contribution is 4.95. The van der Waals surface area contributed by atoms with Gasteiger partial charge in [-0.1, -0.05) is 25.5 Å². The molecule has 0 amide bonds. The number of likely N-dealkylation sites (tertiary alicyclic amines) is 1. The van der Waals surface area contributed by atoms with E-state index in [1.54, 1.807) is 0 Å². The van der Waals surface area contributed by atoms with Crippen molar-refractivity contribution in [2.45, 2.75) is 59.4 Å². The molecule has 0 saturated carbocycles. The Morgan fingerprint density at radius 2 is 1.95 bits per heavy atom. The molecule has 0 bridgehead atoms. The first-order valence-electron chi connectivity index (χ1n) is 8.13. The third kappa shape index (κ3) is 7.41. The molecule has 3 nitrogen and oxygen atoms in total. The molecule has 0 radical (unpaired) electrons. The van der Waals surface area contributed by atoms with Crippen LogP contribution in [0.3, 0.4) is 0 Å². The van der Waals surface area contributed by atoms with Crippen molar-refractivity contribution < 1.29 is 5.11 Å². The average Bonchev–Trinajstić information content (AvgIpc) is 2.42. The minimum absolute atomic E-state index is 0.0788.